The van der Waals surface area contributed by atoms with Crippen molar-refractivity contribution in [3.63, 3.8) is 0 Å². The van der Waals surface area contributed by atoms with Crippen LogP contribution in [0.1, 0.15) is 13.8 Å². The molecule has 1 heterocycles. The van der Waals surface area contributed by atoms with Gasteiger partial charge in [0.2, 0.25) is 0 Å². The van der Waals surface area contributed by atoms with E-state index in [-0.39, 0.29) is 5.41 Å². The molecule has 0 atom stereocenters. The largest absolute Gasteiger partial charge is 0.361 e. The zero-order chi connectivity index (χ0) is 9.03. The van der Waals surface area contributed by atoms with Gasteiger partial charge in [0, 0.05) is 18.1 Å². The van der Waals surface area contributed by atoms with Crippen molar-refractivity contribution >= 4 is 16.5 Å². The molecular formula is C9H14N2S. The molecule has 0 aromatic carbocycles. The molecule has 1 aromatic heterocycles. The lowest BCUT2D eigenvalue weighted by molar-refractivity contribution is 0.514. The molecule has 66 valence electrons. The predicted molar refractivity (Wildman–Crippen MR) is 54.6 cm³/mol. The van der Waals surface area contributed by atoms with E-state index in [1.807, 2.05) is 11.5 Å². The van der Waals surface area contributed by atoms with Crippen molar-refractivity contribution in [2.24, 2.45) is 5.41 Å². The molecule has 0 unspecified atom stereocenters. The van der Waals surface area contributed by atoms with Crippen molar-refractivity contribution < 1.29 is 0 Å². The number of hydrogen-bond acceptors (Lipinski definition) is 3. The SMILES string of the molecule is C=CC(C)(C)CNc1nccs1. The second kappa shape index (κ2) is 3.72. The number of thiazole rings is 1. The van der Waals surface area contributed by atoms with Crippen LogP contribution in [0, 0.1) is 5.41 Å². The van der Waals surface area contributed by atoms with Gasteiger partial charge in [0.1, 0.15) is 0 Å². The number of nitrogens with one attached hydrogen (secondary N) is 1. The summed E-state index contributed by atoms with van der Waals surface area (Å²) in [6.45, 7) is 8.93. The highest BCUT2D eigenvalue weighted by Crippen LogP contribution is 2.18. The summed E-state index contributed by atoms with van der Waals surface area (Å²) in [6, 6.07) is 0. The maximum Gasteiger partial charge on any atom is 0.182 e. The molecule has 0 spiro atoms. The molecule has 0 bridgehead atoms. The lowest BCUT2D eigenvalue weighted by Crippen LogP contribution is -2.20. The average molecular weight is 182 g/mol. The minimum absolute atomic E-state index is 0.131. The minimum Gasteiger partial charge on any atom is -0.361 e. The number of rotatable bonds is 4. The normalized spacial score (nSPS) is 11.2. The van der Waals surface area contributed by atoms with Crippen molar-refractivity contribution in [2.75, 3.05) is 11.9 Å². The molecule has 2 nitrogen and oxygen atoms in total. The maximum atomic E-state index is 4.13. The van der Waals surface area contributed by atoms with Crippen LogP contribution >= 0.6 is 11.3 Å². The van der Waals surface area contributed by atoms with Crippen molar-refractivity contribution in [3.8, 4) is 0 Å². The molecule has 1 aromatic rings. The lowest BCUT2D eigenvalue weighted by atomic mass is 9.94. The van der Waals surface area contributed by atoms with Gasteiger partial charge >= 0.3 is 0 Å². The van der Waals surface area contributed by atoms with E-state index in [1.165, 1.54) is 0 Å². The van der Waals surface area contributed by atoms with Crippen molar-refractivity contribution in [2.45, 2.75) is 13.8 Å². The van der Waals surface area contributed by atoms with E-state index < -0.39 is 0 Å². The quantitative estimate of drug-likeness (QED) is 0.724. The second-order valence-electron chi connectivity index (χ2n) is 3.38. The van der Waals surface area contributed by atoms with Crippen LogP contribution in [-0.4, -0.2) is 11.5 Å². The highest BCUT2D eigenvalue weighted by molar-refractivity contribution is 7.13. The van der Waals surface area contributed by atoms with Gasteiger partial charge in [-0.3, -0.25) is 0 Å². The summed E-state index contributed by atoms with van der Waals surface area (Å²) < 4.78 is 0. The second-order valence-corrected chi connectivity index (χ2v) is 4.28. The molecule has 0 radical (unpaired) electrons. The summed E-state index contributed by atoms with van der Waals surface area (Å²) in [6.07, 6.45) is 3.75. The summed E-state index contributed by atoms with van der Waals surface area (Å²) in [5.74, 6) is 0. The fraction of sp³-hybridized carbons (Fsp3) is 0.444. The standard InChI is InChI=1S/C9H14N2S/c1-4-9(2,3)7-11-8-10-5-6-12-8/h4-6H,1,7H2,2-3H3,(H,10,11). The van der Waals surface area contributed by atoms with Gasteiger partial charge in [0.15, 0.2) is 5.13 Å². The Morgan fingerprint density at radius 2 is 2.50 bits per heavy atom. The highest BCUT2D eigenvalue weighted by atomic mass is 32.1. The van der Waals surface area contributed by atoms with Crippen molar-refractivity contribution in [3.05, 3.63) is 24.2 Å². The Morgan fingerprint density at radius 3 is 3.00 bits per heavy atom. The summed E-state index contributed by atoms with van der Waals surface area (Å²) in [7, 11) is 0. The third-order valence-corrected chi connectivity index (χ3v) is 2.41. The third kappa shape index (κ3) is 2.66. The first-order chi connectivity index (χ1) is 5.64. The van der Waals surface area contributed by atoms with Crippen LogP contribution in [0.4, 0.5) is 5.13 Å². The molecule has 0 amide bonds. The first-order valence-electron chi connectivity index (χ1n) is 3.91. The van der Waals surface area contributed by atoms with Gasteiger partial charge in [-0.15, -0.1) is 17.9 Å². The zero-order valence-corrected chi connectivity index (χ0v) is 8.32. The van der Waals surface area contributed by atoms with Crippen LogP contribution in [0.2, 0.25) is 0 Å². The zero-order valence-electron chi connectivity index (χ0n) is 7.50. The maximum absolute atomic E-state index is 4.13. The Morgan fingerprint density at radius 1 is 1.75 bits per heavy atom. The first-order valence-corrected chi connectivity index (χ1v) is 4.79. The van der Waals surface area contributed by atoms with Gasteiger partial charge in [-0.2, -0.15) is 0 Å². The van der Waals surface area contributed by atoms with E-state index in [2.05, 4.69) is 30.7 Å². The van der Waals surface area contributed by atoms with Gasteiger partial charge in [-0.05, 0) is 5.41 Å². The summed E-state index contributed by atoms with van der Waals surface area (Å²) >= 11 is 1.62. The monoisotopic (exact) mass is 182 g/mol. The minimum atomic E-state index is 0.131. The number of aromatic nitrogens is 1. The van der Waals surface area contributed by atoms with Crippen LogP contribution in [0.15, 0.2) is 24.2 Å². The molecule has 3 heteroatoms. The fourth-order valence-corrected chi connectivity index (χ4v) is 1.21. The van der Waals surface area contributed by atoms with Crippen molar-refractivity contribution in [1.82, 2.24) is 4.98 Å². The third-order valence-electron chi connectivity index (χ3n) is 1.68. The topological polar surface area (TPSA) is 24.9 Å². The molecule has 1 N–H and O–H groups in total. The number of anilines is 1. The predicted octanol–water partition coefficient (Wildman–Crippen LogP) is 2.77. The van der Waals surface area contributed by atoms with Crippen LogP contribution in [0.5, 0.6) is 0 Å². The van der Waals surface area contributed by atoms with Gasteiger partial charge in [0.25, 0.3) is 0 Å². The molecular weight excluding hydrogens is 168 g/mol. The molecule has 0 fully saturated rings. The van der Waals surface area contributed by atoms with Gasteiger partial charge in [-0.25, -0.2) is 4.98 Å². The summed E-state index contributed by atoms with van der Waals surface area (Å²) in [4.78, 5) is 4.13. The fourth-order valence-electron chi connectivity index (χ4n) is 0.686. The van der Waals surface area contributed by atoms with E-state index in [0.29, 0.717) is 0 Å². The van der Waals surface area contributed by atoms with E-state index >= 15 is 0 Å². The smallest absolute Gasteiger partial charge is 0.182 e. The molecule has 0 aliphatic heterocycles. The van der Waals surface area contributed by atoms with Crippen LogP contribution in [-0.2, 0) is 0 Å². The Kier molecular flexibility index (Phi) is 2.87. The van der Waals surface area contributed by atoms with Gasteiger partial charge in [-0.1, -0.05) is 19.9 Å². The Balaban J connectivity index is 2.41. The molecule has 12 heavy (non-hydrogen) atoms. The van der Waals surface area contributed by atoms with E-state index in [4.69, 9.17) is 0 Å². The lowest BCUT2D eigenvalue weighted by Gasteiger charge is -2.19. The van der Waals surface area contributed by atoms with E-state index in [9.17, 15) is 0 Å². The number of nitrogens with zero attached hydrogens (tertiary/aromatic N) is 1. The van der Waals surface area contributed by atoms with Crippen molar-refractivity contribution in [1.29, 1.82) is 0 Å². The Hall–Kier alpha value is -0.830. The summed E-state index contributed by atoms with van der Waals surface area (Å²) in [5.41, 5.74) is 0.131. The van der Waals surface area contributed by atoms with Crippen LogP contribution in [0.3, 0.4) is 0 Å². The molecule has 0 aliphatic rings. The average Bonchev–Trinajstić information content (AvgIpc) is 2.53. The molecule has 0 saturated heterocycles. The molecule has 0 saturated carbocycles. The molecule has 1 rings (SSSR count). The Labute approximate surface area is 77.3 Å². The number of hydrogen-bond donors (Lipinski definition) is 1. The van der Waals surface area contributed by atoms with Crippen LogP contribution in [0.25, 0.3) is 0 Å². The highest BCUT2D eigenvalue weighted by Gasteiger charge is 2.12. The van der Waals surface area contributed by atoms with Gasteiger partial charge < -0.3 is 5.32 Å². The first kappa shape index (κ1) is 9.26. The van der Waals surface area contributed by atoms with E-state index in [0.717, 1.165) is 11.7 Å². The summed E-state index contributed by atoms with van der Waals surface area (Å²) in [5, 5.41) is 6.19. The molecule has 0 aliphatic carbocycles. The van der Waals surface area contributed by atoms with Gasteiger partial charge in [0.05, 0.1) is 0 Å². The van der Waals surface area contributed by atoms with E-state index in [1.54, 1.807) is 17.5 Å². The van der Waals surface area contributed by atoms with Crippen LogP contribution < -0.4 is 5.32 Å². The Bertz CT molecular complexity index is 239.